The lowest BCUT2D eigenvalue weighted by atomic mass is 10.2. The lowest BCUT2D eigenvalue weighted by Gasteiger charge is -2.09. The van der Waals surface area contributed by atoms with Gasteiger partial charge in [-0.1, -0.05) is 0 Å². The van der Waals surface area contributed by atoms with Gasteiger partial charge in [0.15, 0.2) is 6.61 Å². The number of amides is 1. The van der Waals surface area contributed by atoms with E-state index < -0.39 is 12.0 Å². The summed E-state index contributed by atoms with van der Waals surface area (Å²) in [5, 5.41) is 2.63. The third kappa shape index (κ3) is 6.08. The van der Waals surface area contributed by atoms with Crippen molar-refractivity contribution in [1.82, 2.24) is 0 Å². The van der Waals surface area contributed by atoms with E-state index in [2.05, 4.69) is 10.1 Å². The largest absolute Gasteiger partial charge is 0.482 e. The van der Waals surface area contributed by atoms with Crippen molar-refractivity contribution in [2.24, 2.45) is 5.73 Å². The van der Waals surface area contributed by atoms with Crippen LogP contribution < -0.4 is 15.8 Å². The Morgan fingerprint density at radius 1 is 1.32 bits per heavy atom. The number of benzene rings is 1. The fourth-order valence-corrected chi connectivity index (χ4v) is 1.09. The molecule has 0 radical (unpaired) electrons. The maximum absolute atomic E-state index is 11.3. The van der Waals surface area contributed by atoms with Crippen molar-refractivity contribution in [3.63, 3.8) is 0 Å². The van der Waals surface area contributed by atoms with Crippen molar-refractivity contribution in [2.45, 2.75) is 13.0 Å². The number of carbonyl (C=O) groups excluding carboxylic acids is 2. The predicted octanol–water partition coefficient (Wildman–Crippen LogP) is 0.946. The molecule has 7 heteroatoms. The average Bonchev–Trinajstić information content (AvgIpc) is 2.37. The Kier molecular flexibility index (Phi) is 7.55. The molecule has 106 valence electrons. The molecule has 0 saturated heterocycles. The van der Waals surface area contributed by atoms with Gasteiger partial charge in [-0.15, -0.1) is 12.4 Å². The van der Waals surface area contributed by atoms with E-state index in [4.69, 9.17) is 10.5 Å². The summed E-state index contributed by atoms with van der Waals surface area (Å²) in [5.74, 6) is -0.207. The number of methoxy groups -OCH3 is 1. The van der Waals surface area contributed by atoms with Gasteiger partial charge >= 0.3 is 5.97 Å². The first-order chi connectivity index (χ1) is 8.52. The minimum Gasteiger partial charge on any atom is -0.482 e. The number of nitrogens with two attached hydrogens (primary N) is 1. The highest BCUT2D eigenvalue weighted by Gasteiger charge is 2.07. The van der Waals surface area contributed by atoms with Gasteiger partial charge in [0.1, 0.15) is 5.75 Å². The zero-order valence-electron chi connectivity index (χ0n) is 10.7. The van der Waals surface area contributed by atoms with Crippen molar-refractivity contribution < 1.29 is 19.1 Å². The molecule has 0 aromatic heterocycles. The smallest absolute Gasteiger partial charge is 0.343 e. The van der Waals surface area contributed by atoms with Crippen LogP contribution in [0.2, 0.25) is 0 Å². The summed E-state index contributed by atoms with van der Waals surface area (Å²) in [5.41, 5.74) is 6.04. The molecule has 19 heavy (non-hydrogen) atoms. The highest BCUT2D eigenvalue weighted by molar-refractivity contribution is 5.94. The van der Waals surface area contributed by atoms with Gasteiger partial charge in [-0.25, -0.2) is 4.79 Å². The average molecular weight is 289 g/mol. The molecule has 1 aromatic rings. The molecule has 1 aromatic carbocycles. The first-order valence-corrected chi connectivity index (χ1v) is 5.39. The second-order valence-corrected chi connectivity index (χ2v) is 3.67. The van der Waals surface area contributed by atoms with Crippen molar-refractivity contribution in [2.75, 3.05) is 19.0 Å². The summed E-state index contributed by atoms with van der Waals surface area (Å²) in [4.78, 5) is 22.2. The monoisotopic (exact) mass is 288 g/mol. The Hall–Kier alpha value is -1.79. The van der Waals surface area contributed by atoms with Gasteiger partial charge in [0, 0.05) is 5.69 Å². The Morgan fingerprint density at radius 3 is 2.37 bits per heavy atom. The molecule has 0 bridgehead atoms. The lowest BCUT2D eigenvalue weighted by Crippen LogP contribution is -2.32. The molecule has 0 aliphatic carbocycles. The first kappa shape index (κ1) is 17.2. The summed E-state index contributed by atoms with van der Waals surface area (Å²) >= 11 is 0. The molecule has 0 saturated carbocycles. The Labute approximate surface area is 117 Å². The van der Waals surface area contributed by atoms with Crippen LogP contribution in [0, 0.1) is 0 Å². The number of halogens is 1. The van der Waals surface area contributed by atoms with Crippen molar-refractivity contribution in [1.29, 1.82) is 0 Å². The molecule has 6 nitrogen and oxygen atoms in total. The van der Waals surface area contributed by atoms with E-state index in [0.29, 0.717) is 11.4 Å². The molecule has 3 N–H and O–H groups in total. The third-order valence-corrected chi connectivity index (χ3v) is 2.12. The highest BCUT2D eigenvalue weighted by atomic mass is 35.5. The predicted molar refractivity (Wildman–Crippen MR) is 73.5 cm³/mol. The molecule has 0 aliphatic heterocycles. The number of hydrogen-bond donors (Lipinski definition) is 2. The minimum absolute atomic E-state index is 0. The standard InChI is InChI=1S/C12H16N2O4.ClH/c1-8(13)12(16)14-9-3-5-10(6-4-9)18-7-11(15)17-2;/h3-6,8H,7,13H2,1-2H3,(H,14,16);1H/t8-;/m1./s1. The van der Waals surface area contributed by atoms with Crippen molar-refractivity contribution in [3.05, 3.63) is 24.3 Å². The Bertz CT molecular complexity index is 420. The molecule has 1 rings (SSSR count). The Morgan fingerprint density at radius 2 is 1.89 bits per heavy atom. The third-order valence-electron chi connectivity index (χ3n) is 2.12. The quantitative estimate of drug-likeness (QED) is 0.787. The number of nitrogens with one attached hydrogen (secondary N) is 1. The van der Waals surface area contributed by atoms with E-state index in [-0.39, 0.29) is 24.9 Å². The van der Waals surface area contributed by atoms with Gasteiger partial charge < -0.3 is 20.5 Å². The van der Waals surface area contributed by atoms with Crippen LogP contribution in [-0.2, 0) is 14.3 Å². The van der Waals surface area contributed by atoms with Crippen LogP contribution in [0.5, 0.6) is 5.75 Å². The number of anilines is 1. The Balaban J connectivity index is 0.00000324. The number of esters is 1. The van der Waals surface area contributed by atoms with Gasteiger partial charge in [-0.2, -0.15) is 0 Å². The van der Waals surface area contributed by atoms with Crippen molar-refractivity contribution in [3.8, 4) is 5.75 Å². The summed E-state index contributed by atoms with van der Waals surface area (Å²) in [6.07, 6.45) is 0. The molecule has 1 amide bonds. The maximum Gasteiger partial charge on any atom is 0.343 e. The first-order valence-electron chi connectivity index (χ1n) is 5.39. The number of ether oxygens (including phenoxy) is 2. The molecule has 1 atom stereocenters. The summed E-state index contributed by atoms with van der Waals surface area (Å²) < 4.78 is 9.59. The van der Waals surface area contributed by atoms with E-state index in [9.17, 15) is 9.59 Å². The highest BCUT2D eigenvalue weighted by Crippen LogP contribution is 2.15. The van der Waals surface area contributed by atoms with Crippen LogP contribution in [0.1, 0.15) is 6.92 Å². The van der Waals surface area contributed by atoms with Gasteiger partial charge in [0.25, 0.3) is 0 Å². The second kappa shape index (κ2) is 8.34. The van der Waals surface area contributed by atoms with E-state index in [0.717, 1.165) is 0 Å². The topological polar surface area (TPSA) is 90.6 Å². The molecule has 0 spiro atoms. The second-order valence-electron chi connectivity index (χ2n) is 3.67. The molecular formula is C12H17ClN2O4. The number of rotatable bonds is 5. The number of carbonyl (C=O) groups is 2. The van der Waals surface area contributed by atoms with Crippen LogP contribution in [0.3, 0.4) is 0 Å². The number of hydrogen-bond acceptors (Lipinski definition) is 5. The normalized spacial score (nSPS) is 10.9. The van der Waals surface area contributed by atoms with Crippen molar-refractivity contribution >= 4 is 30.0 Å². The summed E-state index contributed by atoms with van der Waals surface area (Å²) in [6, 6.07) is 6.03. The summed E-state index contributed by atoms with van der Waals surface area (Å²) in [6.45, 7) is 1.45. The van der Waals surface area contributed by atoms with Crippen LogP contribution in [-0.4, -0.2) is 31.6 Å². The molecule has 0 unspecified atom stereocenters. The molecule has 0 aliphatic rings. The van der Waals surface area contributed by atoms with Crippen LogP contribution in [0.4, 0.5) is 5.69 Å². The summed E-state index contributed by atoms with van der Waals surface area (Å²) in [7, 11) is 1.29. The van der Waals surface area contributed by atoms with E-state index in [1.165, 1.54) is 7.11 Å². The zero-order chi connectivity index (χ0) is 13.5. The van der Waals surface area contributed by atoms with E-state index in [1.807, 2.05) is 0 Å². The SMILES string of the molecule is COC(=O)COc1ccc(NC(=O)[C@@H](C)N)cc1.Cl. The van der Waals surface area contributed by atoms with Crippen LogP contribution in [0.15, 0.2) is 24.3 Å². The minimum atomic E-state index is -0.569. The fourth-order valence-electron chi connectivity index (χ4n) is 1.09. The van der Waals surface area contributed by atoms with E-state index in [1.54, 1.807) is 31.2 Å². The zero-order valence-corrected chi connectivity index (χ0v) is 11.5. The van der Waals surface area contributed by atoms with Crippen LogP contribution in [0.25, 0.3) is 0 Å². The van der Waals surface area contributed by atoms with Crippen LogP contribution >= 0.6 is 12.4 Å². The van der Waals surface area contributed by atoms with Gasteiger partial charge in [-0.05, 0) is 31.2 Å². The van der Waals surface area contributed by atoms with E-state index >= 15 is 0 Å². The molecular weight excluding hydrogens is 272 g/mol. The molecule has 0 heterocycles. The van der Waals surface area contributed by atoms with Gasteiger partial charge in [0.05, 0.1) is 13.2 Å². The molecule has 0 fully saturated rings. The van der Waals surface area contributed by atoms with Gasteiger partial charge in [0.2, 0.25) is 5.91 Å². The lowest BCUT2D eigenvalue weighted by molar-refractivity contribution is -0.142. The fraction of sp³-hybridized carbons (Fsp3) is 0.333. The maximum atomic E-state index is 11.3. The van der Waals surface area contributed by atoms with Gasteiger partial charge in [-0.3, -0.25) is 4.79 Å².